The summed E-state index contributed by atoms with van der Waals surface area (Å²) in [4.78, 5) is 14.3. The minimum atomic E-state index is 0.00150. The van der Waals surface area contributed by atoms with E-state index in [1.54, 1.807) is 6.07 Å². The van der Waals surface area contributed by atoms with Crippen LogP contribution in [0, 0.1) is 12.8 Å². The molecule has 3 nitrogen and oxygen atoms in total. The van der Waals surface area contributed by atoms with E-state index in [0.29, 0.717) is 17.0 Å². The molecule has 0 aromatic heterocycles. The predicted octanol–water partition coefficient (Wildman–Crippen LogP) is 4.30. The summed E-state index contributed by atoms with van der Waals surface area (Å²) in [6.07, 6.45) is 2.25. The van der Waals surface area contributed by atoms with Crippen molar-refractivity contribution in [2.24, 2.45) is 5.92 Å². The van der Waals surface area contributed by atoms with E-state index in [1.165, 1.54) is 0 Å². The smallest absolute Gasteiger partial charge is 0.321 e. The highest BCUT2D eigenvalue weighted by atomic mass is 35.5. The topological polar surface area (TPSA) is 32.3 Å². The minimum Gasteiger partial charge on any atom is -0.321 e. The van der Waals surface area contributed by atoms with Crippen LogP contribution in [0.15, 0.2) is 18.2 Å². The maximum Gasteiger partial charge on any atom is 0.322 e. The Bertz CT molecular complexity index is 469. The fourth-order valence-corrected chi connectivity index (χ4v) is 2.36. The third-order valence-corrected chi connectivity index (χ3v) is 3.48. The second kappa shape index (κ2) is 5.83. The van der Waals surface area contributed by atoms with Gasteiger partial charge in [0.15, 0.2) is 0 Å². The molecule has 1 N–H and O–H groups in total. The van der Waals surface area contributed by atoms with Crippen molar-refractivity contribution in [1.29, 1.82) is 0 Å². The monoisotopic (exact) mass is 280 g/mol. The Labute approximate surface area is 119 Å². The normalized spacial score (nSPS) is 14.6. The molecule has 0 atom stereocenters. The number of hydrogen-bond donors (Lipinski definition) is 1. The number of nitrogens with one attached hydrogen (secondary N) is 1. The molecular weight excluding hydrogens is 260 g/mol. The van der Waals surface area contributed by atoms with Crippen molar-refractivity contribution in [2.45, 2.75) is 39.7 Å². The van der Waals surface area contributed by atoms with Gasteiger partial charge in [0.25, 0.3) is 0 Å². The Hall–Kier alpha value is -1.22. The largest absolute Gasteiger partial charge is 0.322 e. The van der Waals surface area contributed by atoms with E-state index >= 15 is 0 Å². The van der Waals surface area contributed by atoms with Gasteiger partial charge in [0.05, 0.1) is 0 Å². The maximum atomic E-state index is 12.3. The maximum absolute atomic E-state index is 12.3. The van der Waals surface area contributed by atoms with Crippen molar-refractivity contribution in [3.8, 4) is 0 Å². The molecule has 1 aliphatic carbocycles. The first-order chi connectivity index (χ1) is 8.97. The summed E-state index contributed by atoms with van der Waals surface area (Å²) in [5.41, 5.74) is 1.82. The zero-order valence-electron chi connectivity index (χ0n) is 11.7. The lowest BCUT2D eigenvalue weighted by molar-refractivity contribution is 0.201. The predicted molar refractivity (Wildman–Crippen MR) is 79.8 cm³/mol. The van der Waals surface area contributed by atoms with Crippen molar-refractivity contribution in [3.63, 3.8) is 0 Å². The van der Waals surface area contributed by atoms with Crippen LogP contribution in [0.25, 0.3) is 0 Å². The molecule has 0 unspecified atom stereocenters. The Morgan fingerprint density at radius 2 is 2.16 bits per heavy atom. The van der Waals surface area contributed by atoms with Gasteiger partial charge >= 0.3 is 6.03 Å². The fourth-order valence-electron chi connectivity index (χ4n) is 2.13. The van der Waals surface area contributed by atoms with Crippen LogP contribution in [-0.2, 0) is 0 Å². The number of benzene rings is 1. The molecule has 4 heteroatoms. The summed E-state index contributed by atoms with van der Waals surface area (Å²) in [6, 6.07) is 5.95. The number of rotatable bonds is 4. The molecular formula is C15H21ClN2O. The summed E-state index contributed by atoms with van der Waals surface area (Å²) < 4.78 is 0. The van der Waals surface area contributed by atoms with Crippen LogP contribution in [0.4, 0.5) is 10.5 Å². The van der Waals surface area contributed by atoms with Gasteiger partial charge in [-0.25, -0.2) is 4.79 Å². The van der Waals surface area contributed by atoms with Crippen molar-refractivity contribution in [2.75, 3.05) is 11.9 Å². The van der Waals surface area contributed by atoms with Gasteiger partial charge in [0.1, 0.15) is 0 Å². The van der Waals surface area contributed by atoms with E-state index in [-0.39, 0.29) is 6.03 Å². The first-order valence-electron chi connectivity index (χ1n) is 6.81. The molecule has 2 amide bonds. The molecule has 19 heavy (non-hydrogen) atoms. The Morgan fingerprint density at radius 1 is 1.47 bits per heavy atom. The van der Waals surface area contributed by atoms with E-state index in [2.05, 4.69) is 19.2 Å². The highest BCUT2D eigenvalue weighted by Gasteiger charge is 2.32. The zero-order chi connectivity index (χ0) is 14.0. The van der Waals surface area contributed by atoms with Crippen LogP contribution < -0.4 is 5.32 Å². The lowest BCUT2D eigenvalue weighted by atomic mass is 10.2. The summed E-state index contributed by atoms with van der Waals surface area (Å²) in [5.74, 6) is 0.484. The molecule has 1 aliphatic rings. The second-order valence-corrected chi connectivity index (χ2v) is 6.10. The number of anilines is 1. The minimum absolute atomic E-state index is 0.00150. The van der Waals surface area contributed by atoms with Crippen LogP contribution in [0.5, 0.6) is 0 Å². The fraction of sp³-hybridized carbons (Fsp3) is 0.533. The SMILES string of the molecule is Cc1cc(Cl)ccc1NC(=O)N(CC(C)C)C1CC1. The van der Waals surface area contributed by atoms with E-state index < -0.39 is 0 Å². The summed E-state index contributed by atoms with van der Waals surface area (Å²) >= 11 is 5.92. The molecule has 0 spiro atoms. The molecule has 1 saturated carbocycles. The molecule has 1 fully saturated rings. The number of aryl methyl sites for hydroxylation is 1. The number of carbonyl (C=O) groups excluding carboxylic acids is 1. The van der Waals surface area contributed by atoms with Crippen molar-refractivity contribution >= 4 is 23.3 Å². The Kier molecular flexibility index (Phi) is 4.35. The van der Waals surface area contributed by atoms with Crippen molar-refractivity contribution in [3.05, 3.63) is 28.8 Å². The van der Waals surface area contributed by atoms with Gasteiger partial charge in [0, 0.05) is 23.3 Å². The summed E-state index contributed by atoms with van der Waals surface area (Å²) in [5, 5.41) is 3.68. The molecule has 2 rings (SSSR count). The molecule has 0 bridgehead atoms. The Morgan fingerprint density at radius 3 is 2.68 bits per heavy atom. The molecule has 0 saturated heterocycles. The van der Waals surface area contributed by atoms with Crippen LogP contribution in [0.3, 0.4) is 0 Å². The third kappa shape index (κ3) is 3.87. The molecule has 0 aliphatic heterocycles. The lowest BCUT2D eigenvalue weighted by Gasteiger charge is -2.25. The van der Waals surface area contributed by atoms with Gasteiger partial charge < -0.3 is 10.2 Å². The molecule has 0 heterocycles. The highest BCUT2D eigenvalue weighted by molar-refractivity contribution is 6.30. The lowest BCUT2D eigenvalue weighted by Crippen LogP contribution is -2.39. The first-order valence-corrected chi connectivity index (χ1v) is 7.19. The van der Waals surface area contributed by atoms with E-state index in [4.69, 9.17) is 11.6 Å². The summed E-state index contributed by atoms with van der Waals surface area (Å²) in [6.45, 7) is 7.03. The standard InChI is InChI=1S/C15H21ClN2O/c1-10(2)9-18(13-5-6-13)15(19)17-14-7-4-12(16)8-11(14)3/h4,7-8,10,13H,5-6,9H2,1-3H3,(H,17,19). The number of carbonyl (C=O) groups is 1. The van der Waals surface area contributed by atoms with Gasteiger partial charge in [-0.1, -0.05) is 25.4 Å². The van der Waals surface area contributed by atoms with Crippen LogP contribution in [-0.4, -0.2) is 23.5 Å². The Balaban J connectivity index is 2.05. The third-order valence-electron chi connectivity index (χ3n) is 3.24. The van der Waals surface area contributed by atoms with Crippen LogP contribution in [0.1, 0.15) is 32.3 Å². The number of urea groups is 1. The molecule has 1 aromatic rings. The van der Waals surface area contributed by atoms with Crippen molar-refractivity contribution in [1.82, 2.24) is 4.90 Å². The van der Waals surface area contributed by atoms with E-state index in [1.807, 2.05) is 24.0 Å². The van der Waals surface area contributed by atoms with Gasteiger partial charge in [-0.15, -0.1) is 0 Å². The molecule has 0 radical (unpaired) electrons. The zero-order valence-corrected chi connectivity index (χ0v) is 12.5. The van der Waals surface area contributed by atoms with Gasteiger partial charge in [-0.2, -0.15) is 0 Å². The van der Waals surface area contributed by atoms with Crippen LogP contribution in [0.2, 0.25) is 5.02 Å². The highest BCUT2D eigenvalue weighted by Crippen LogP contribution is 2.29. The van der Waals surface area contributed by atoms with E-state index in [9.17, 15) is 4.79 Å². The van der Waals surface area contributed by atoms with Gasteiger partial charge in [-0.3, -0.25) is 0 Å². The summed E-state index contributed by atoms with van der Waals surface area (Å²) in [7, 11) is 0. The molecule has 1 aromatic carbocycles. The van der Waals surface area contributed by atoms with Gasteiger partial charge in [0.2, 0.25) is 0 Å². The second-order valence-electron chi connectivity index (χ2n) is 5.67. The number of hydrogen-bond acceptors (Lipinski definition) is 1. The van der Waals surface area contributed by atoms with Gasteiger partial charge in [-0.05, 0) is 49.4 Å². The average molecular weight is 281 g/mol. The average Bonchev–Trinajstić information content (AvgIpc) is 3.13. The number of nitrogens with zero attached hydrogens (tertiary/aromatic N) is 1. The van der Waals surface area contributed by atoms with Crippen LogP contribution >= 0.6 is 11.6 Å². The quantitative estimate of drug-likeness (QED) is 0.876. The first kappa shape index (κ1) is 14.2. The van der Waals surface area contributed by atoms with E-state index in [0.717, 1.165) is 30.6 Å². The van der Waals surface area contributed by atoms with Crippen molar-refractivity contribution < 1.29 is 4.79 Å². The number of halogens is 1. The number of amides is 2. The molecule has 104 valence electrons.